The molecule has 3 fully saturated rings. The van der Waals surface area contributed by atoms with Crippen LogP contribution in [0.25, 0.3) is 11.1 Å². The van der Waals surface area contributed by atoms with Gasteiger partial charge in [-0.15, -0.1) is 0 Å². The average molecular weight is 374 g/mol. The van der Waals surface area contributed by atoms with Crippen LogP contribution in [0.15, 0.2) is 54.6 Å². The molecular formula is C20H24BrNO. The molecule has 3 aliphatic heterocycles. The second-order valence-electron chi connectivity index (χ2n) is 7.10. The molecular weight excluding hydrogens is 350 g/mol. The van der Waals surface area contributed by atoms with Crippen molar-refractivity contribution in [3.05, 3.63) is 60.2 Å². The third kappa shape index (κ3) is 3.37. The van der Waals surface area contributed by atoms with E-state index in [2.05, 4.69) is 54.6 Å². The van der Waals surface area contributed by atoms with Crippen LogP contribution in [0.5, 0.6) is 0 Å². The van der Waals surface area contributed by atoms with Crippen LogP contribution < -0.4 is 17.0 Å². The van der Waals surface area contributed by atoms with Crippen molar-refractivity contribution < 1.29 is 26.6 Å². The van der Waals surface area contributed by atoms with Crippen molar-refractivity contribution in [3.63, 3.8) is 0 Å². The first kappa shape index (κ1) is 16.7. The summed E-state index contributed by atoms with van der Waals surface area (Å²) in [6.07, 6.45) is 2.32. The Morgan fingerprint density at radius 2 is 1.48 bits per heavy atom. The highest BCUT2D eigenvalue weighted by Gasteiger charge is 2.44. The molecule has 2 aromatic carbocycles. The van der Waals surface area contributed by atoms with E-state index >= 15 is 0 Å². The fraction of sp³-hybridized carbons (Fsp3) is 0.400. The van der Waals surface area contributed by atoms with Crippen molar-refractivity contribution in [1.82, 2.24) is 0 Å². The Kier molecular flexibility index (Phi) is 4.90. The van der Waals surface area contributed by atoms with E-state index in [0.29, 0.717) is 5.92 Å². The second kappa shape index (κ2) is 6.76. The minimum absolute atomic E-state index is 0. The highest BCUT2D eigenvalue weighted by Crippen LogP contribution is 2.35. The number of hydrogen-bond acceptors (Lipinski definition) is 1. The Balaban J connectivity index is 0.00000156. The highest BCUT2D eigenvalue weighted by molar-refractivity contribution is 5.63. The maximum atomic E-state index is 10.2. The molecule has 2 nitrogen and oxygen atoms in total. The van der Waals surface area contributed by atoms with E-state index in [1.807, 2.05) is 0 Å². The number of rotatable bonds is 3. The Morgan fingerprint density at radius 3 is 2.09 bits per heavy atom. The van der Waals surface area contributed by atoms with Crippen LogP contribution in [-0.4, -0.2) is 35.3 Å². The fourth-order valence-electron chi connectivity index (χ4n) is 4.29. The van der Waals surface area contributed by atoms with Gasteiger partial charge >= 0.3 is 0 Å². The molecule has 3 heterocycles. The van der Waals surface area contributed by atoms with Crippen LogP contribution in [-0.2, 0) is 6.54 Å². The molecule has 3 heteroatoms. The quantitative estimate of drug-likeness (QED) is 0.775. The van der Waals surface area contributed by atoms with Gasteiger partial charge in [0.25, 0.3) is 0 Å². The summed E-state index contributed by atoms with van der Waals surface area (Å²) in [4.78, 5) is 0. The lowest BCUT2D eigenvalue weighted by molar-refractivity contribution is -0.958. The summed E-state index contributed by atoms with van der Waals surface area (Å²) in [5.41, 5.74) is 3.95. The summed E-state index contributed by atoms with van der Waals surface area (Å²) in [5, 5.41) is 10.2. The van der Waals surface area contributed by atoms with Crippen LogP contribution >= 0.6 is 0 Å². The Labute approximate surface area is 149 Å². The smallest absolute Gasteiger partial charge is 0.106 e. The predicted molar refractivity (Wildman–Crippen MR) is 89.2 cm³/mol. The first-order chi connectivity index (χ1) is 10.7. The largest absolute Gasteiger partial charge is 1.00 e. The SMILES string of the molecule is OC1C[N+]2(Cc3ccc(-c4ccccc4)cc3)CCC1CC2.[Br-]. The molecule has 2 aromatic rings. The van der Waals surface area contributed by atoms with Crippen LogP contribution in [0.1, 0.15) is 18.4 Å². The van der Waals surface area contributed by atoms with Crippen molar-refractivity contribution in [2.75, 3.05) is 19.6 Å². The van der Waals surface area contributed by atoms with E-state index in [1.165, 1.54) is 42.6 Å². The Bertz CT molecular complexity index is 632. The zero-order chi connectivity index (χ0) is 15.0. The molecule has 122 valence electrons. The third-order valence-electron chi connectivity index (χ3n) is 5.65. The highest BCUT2D eigenvalue weighted by atomic mass is 79.9. The van der Waals surface area contributed by atoms with Gasteiger partial charge in [0, 0.05) is 24.3 Å². The van der Waals surface area contributed by atoms with E-state index < -0.39 is 0 Å². The number of aliphatic hydroxyl groups is 1. The van der Waals surface area contributed by atoms with Crippen LogP contribution in [0.2, 0.25) is 0 Å². The second-order valence-corrected chi connectivity index (χ2v) is 7.10. The lowest BCUT2D eigenvalue weighted by Gasteiger charge is -2.51. The molecule has 0 saturated carbocycles. The Hall–Kier alpha value is -1.16. The first-order valence-electron chi connectivity index (χ1n) is 8.42. The molecule has 3 saturated heterocycles. The number of piperidine rings is 3. The number of nitrogens with zero attached hydrogens (tertiary/aromatic N) is 1. The normalized spacial score (nSPS) is 29.1. The minimum atomic E-state index is -0.0777. The Morgan fingerprint density at radius 1 is 0.870 bits per heavy atom. The summed E-state index contributed by atoms with van der Waals surface area (Å²) in [6.45, 7) is 4.49. The van der Waals surface area contributed by atoms with Crippen molar-refractivity contribution >= 4 is 0 Å². The van der Waals surface area contributed by atoms with Gasteiger partial charge in [0.15, 0.2) is 0 Å². The number of aliphatic hydroxyl groups excluding tert-OH is 1. The molecule has 5 rings (SSSR count). The van der Waals surface area contributed by atoms with E-state index in [4.69, 9.17) is 0 Å². The number of halogens is 1. The van der Waals surface area contributed by atoms with Gasteiger partial charge in [-0.25, -0.2) is 0 Å². The number of hydrogen-bond donors (Lipinski definition) is 1. The molecule has 23 heavy (non-hydrogen) atoms. The molecule has 1 unspecified atom stereocenters. The lowest BCUT2D eigenvalue weighted by Crippen LogP contribution is -3.00. The molecule has 1 N–H and O–H groups in total. The molecule has 0 amide bonds. The van der Waals surface area contributed by atoms with Gasteiger partial charge in [-0.2, -0.15) is 0 Å². The van der Waals surface area contributed by atoms with E-state index in [-0.39, 0.29) is 23.1 Å². The van der Waals surface area contributed by atoms with Gasteiger partial charge in [-0.05, 0) is 11.1 Å². The van der Waals surface area contributed by atoms with E-state index in [0.717, 1.165) is 17.6 Å². The summed E-state index contributed by atoms with van der Waals surface area (Å²) in [7, 11) is 0. The zero-order valence-corrected chi connectivity index (χ0v) is 15.0. The minimum Gasteiger partial charge on any atom is -1.00 e. The fourth-order valence-corrected chi connectivity index (χ4v) is 4.29. The van der Waals surface area contributed by atoms with Gasteiger partial charge in [0.2, 0.25) is 0 Å². The standard InChI is InChI=1S/C20H24NO.BrH/c22-20-15-21(12-10-19(20)11-13-21)14-16-6-8-18(9-7-16)17-4-2-1-3-5-17;/h1-9,19-20,22H,10-15H2;1H/q+1;/p-1. The lowest BCUT2D eigenvalue weighted by atomic mass is 9.83. The van der Waals surface area contributed by atoms with Gasteiger partial charge < -0.3 is 26.6 Å². The van der Waals surface area contributed by atoms with E-state index in [1.54, 1.807) is 0 Å². The average Bonchev–Trinajstić information content (AvgIpc) is 2.57. The summed E-state index contributed by atoms with van der Waals surface area (Å²) >= 11 is 0. The summed E-state index contributed by atoms with van der Waals surface area (Å²) in [6, 6.07) is 19.5. The monoisotopic (exact) mass is 373 g/mol. The van der Waals surface area contributed by atoms with Crippen molar-refractivity contribution in [2.24, 2.45) is 5.92 Å². The molecule has 1 atom stereocenters. The summed E-state index contributed by atoms with van der Waals surface area (Å²) in [5.74, 6) is 0.570. The molecule has 0 spiro atoms. The van der Waals surface area contributed by atoms with Gasteiger partial charge in [-0.1, -0.05) is 54.6 Å². The topological polar surface area (TPSA) is 20.2 Å². The third-order valence-corrected chi connectivity index (χ3v) is 5.65. The number of fused-ring (bicyclic) bond motifs is 3. The zero-order valence-electron chi connectivity index (χ0n) is 13.4. The maximum absolute atomic E-state index is 10.2. The maximum Gasteiger partial charge on any atom is 0.106 e. The molecule has 2 bridgehead atoms. The number of benzene rings is 2. The number of quaternary nitrogens is 1. The van der Waals surface area contributed by atoms with Crippen molar-refractivity contribution in [2.45, 2.75) is 25.5 Å². The van der Waals surface area contributed by atoms with Gasteiger partial charge in [0.05, 0.1) is 13.1 Å². The van der Waals surface area contributed by atoms with Crippen molar-refractivity contribution in [3.8, 4) is 11.1 Å². The van der Waals surface area contributed by atoms with Crippen LogP contribution in [0.3, 0.4) is 0 Å². The predicted octanol–water partition coefficient (Wildman–Crippen LogP) is 0.459. The first-order valence-corrected chi connectivity index (χ1v) is 8.42. The van der Waals surface area contributed by atoms with Crippen LogP contribution in [0, 0.1) is 5.92 Å². The molecule has 0 aliphatic carbocycles. The summed E-state index contributed by atoms with van der Waals surface area (Å²) < 4.78 is 1.09. The van der Waals surface area contributed by atoms with Crippen molar-refractivity contribution in [1.29, 1.82) is 0 Å². The van der Waals surface area contributed by atoms with Gasteiger partial charge in [0.1, 0.15) is 19.2 Å². The molecule has 0 aromatic heterocycles. The van der Waals surface area contributed by atoms with Gasteiger partial charge in [-0.3, -0.25) is 0 Å². The van der Waals surface area contributed by atoms with E-state index in [9.17, 15) is 5.11 Å². The molecule has 3 aliphatic rings. The van der Waals surface area contributed by atoms with Crippen LogP contribution in [0.4, 0.5) is 0 Å². The molecule has 0 radical (unpaired) electrons.